The van der Waals surface area contributed by atoms with E-state index in [1.807, 2.05) is 4.90 Å². The molecule has 0 spiro atoms. The van der Waals surface area contributed by atoms with Crippen LogP contribution in [-0.2, 0) is 9.59 Å². The van der Waals surface area contributed by atoms with Gasteiger partial charge in [-0.2, -0.15) is 0 Å². The van der Waals surface area contributed by atoms with Gasteiger partial charge in [-0.1, -0.05) is 26.2 Å². The predicted molar refractivity (Wildman–Crippen MR) is 80.4 cm³/mol. The number of hydrogen-bond donors (Lipinski definition) is 1. The number of carbonyl (C=O) groups is 2. The zero-order valence-corrected chi connectivity index (χ0v) is 13.2. The normalized spacial score (nSPS) is 17.9. The lowest BCUT2D eigenvalue weighted by Crippen LogP contribution is -2.51. The van der Waals surface area contributed by atoms with Gasteiger partial charge in [0.15, 0.2) is 0 Å². The SMILES string of the molecule is CCCCCC(C)NC(=O)CN1CCN(C(C)=O)CC1. The fourth-order valence-electron chi connectivity index (χ4n) is 2.52. The van der Waals surface area contributed by atoms with Crippen molar-refractivity contribution in [3.05, 3.63) is 0 Å². The minimum Gasteiger partial charge on any atom is -0.353 e. The van der Waals surface area contributed by atoms with Crippen molar-refractivity contribution in [3.8, 4) is 0 Å². The zero-order chi connectivity index (χ0) is 15.0. The summed E-state index contributed by atoms with van der Waals surface area (Å²) in [5.41, 5.74) is 0. The molecule has 0 bridgehead atoms. The molecule has 0 aliphatic carbocycles. The monoisotopic (exact) mass is 283 g/mol. The molecule has 0 aromatic heterocycles. The third kappa shape index (κ3) is 6.37. The maximum Gasteiger partial charge on any atom is 0.234 e. The highest BCUT2D eigenvalue weighted by molar-refractivity contribution is 5.78. The van der Waals surface area contributed by atoms with Gasteiger partial charge in [-0.25, -0.2) is 0 Å². The smallest absolute Gasteiger partial charge is 0.234 e. The number of hydrogen-bond acceptors (Lipinski definition) is 3. The zero-order valence-electron chi connectivity index (χ0n) is 13.2. The van der Waals surface area contributed by atoms with Crippen LogP contribution in [0.4, 0.5) is 0 Å². The van der Waals surface area contributed by atoms with Gasteiger partial charge in [-0.3, -0.25) is 14.5 Å². The van der Waals surface area contributed by atoms with Crippen molar-refractivity contribution in [2.75, 3.05) is 32.7 Å². The van der Waals surface area contributed by atoms with Crippen LogP contribution in [0.5, 0.6) is 0 Å². The number of amides is 2. The molecule has 1 heterocycles. The van der Waals surface area contributed by atoms with E-state index < -0.39 is 0 Å². The summed E-state index contributed by atoms with van der Waals surface area (Å²) in [6.45, 7) is 9.34. The van der Waals surface area contributed by atoms with Gasteiger partial charge in [0.2, 0.25) is 11.8 Å². The van der Waals surface area contributed by atoms with Gasteiger partial charge >= 0.3 is 0 Å². The lowest BCUT2D eigenvalue weighted by molar-refractivity contribution is -0.131. The van der Waals surface area contributed by atoms with Gasteiger partial charge in [0.05, 0.1) is 6.54 Å². The Hall–Kier alpha value is -1.10. The average Bonchev–Trinajstić information content (AvgIpc) is 2.39. The van der Waals surface area contributed by atoms with Crippen molar-refractivity contribution in [1.82, 2.24) is 15.1 Å². The van der Waals surface area contributed by atoms with Crippen molar-refractivity contribution in [1.29, 1.82) is 0 Å². The van der Waals surface area contributed by atoms with Crippen LogP contribution < -0.4 is 5.32 Å². The second-order valence-electron chi connectivity index (χ2n) is 5.75. The third-order valence-corrected chi connectivity index (χ3v) is 3.83. The molecule has 1 unspecified atom stereocenters. The van der Waals surface area contributed by atoms with Crippen LogP contribution in [0.1, 0.15) is 46.5 Å². The van der Waals surface area contributed by atoms with Crippen molar-refractivity contribution in [3.63, 3.8) is 0 Å². The summed E-state index contributed by atoms with van der Waals surface area (Å²) in [7, 11) is 0. The molecule has 1 saturated heterocycles. The van der Waals surface area contributed by atoms with Gasteiger partial charge < -0.3 is 10.2 Å². The van der Waals surface area contributed by atoms with Crippen molar-refractivity contribution >= 4 is 11.8 Å². The maximum atomic E-state index is 11.9. The summed E-state index contributed by atoms with van der Waals surface area (Å²) < 4.78 is 0. The number of unbranched alkanes of at least 4 members (excludes halogenated alkanes) is 2. The Bertz CT molecular complexity index is 312. The lowest BCUT2D eigenvalue weighted by Gasteiger charge is -2.33. The minimum absolute atomic E-state index is 0.102. The standard InChI is InChI=1S/C15H29N3O2/c1-4-5-6-7-13(2)16-15(20)12-17-8-10-18(11-9-17)14(3)19/h13H,4-12H2,1-3H3,(H,16,20). The Morgan fingerprint density at radius 2 is 1.80 bits per heavy atom. The quantitative estimate of drug-likeness (QED) is 0.715. The van der Waals surface area contributed by atoms with E-state index in [0.29, 0.717) is 6.54 Å². The molecule has 5 nitrogen and oxygen atoms in total. The molecule has 20 heavy (non-hydrogen) atoms. The number of nitrogens with one attached hydrogen (secondary N) is 1. The molecule has 2 amide bonds. The highest BCUT2D eigenvalue weighted by Crippen LogP contribution is 2.04. The third-order valence-electron chi connectivity index (χ3n) is 3.83. The van der Waals surface area contributed by atoms with E-state index in [1.54, 1.807) is 6.92 Å². The fraction of sp³-hybridized carbons (Fsp3) is 0.867. The number of rotatable bonds is 7. The number of piperazine rings is 1. The van der Waals surface area contributed by atoms with Gasteiger partial charge in [0.1, 0.15) is 0 Å². The van der Waals surface area contributed by atoms with Gasteiger partial charge in [-0.05, 0) is 13.3 Å². The second-order valence-corrected chi connectivity index (χ2v) is 5.75. The first-order valence-electron chi connectivity index (χ1n) is 7.80. The van der Waals surface area contributed by atoms with E-state index in [0.717, 1.165) is 32.6 Å². The van der Waals surface area contributed by atoms with Crippen molar-refractivity contribution < 1.29 is 9.59 Å². The molecular formula is C15H29N3O2. The first-order valence-corrected chi connectivity index (χ1v) is 7.80. The molecule has 1 fully saturated rings. The maximum absolute atomic E-state index is 11.9. The summed E-state index contributed by atoms with van der Waals surface area (Å²) in [5.74, 6) is 0.226. The summed E-state index contributed by atoms with van der Waals surface area (Å²) in [6.07, 6.45) is 4.67. The number of carbonyl (C=O) groups excluding carboxylic acids is 2. The Morgan fingerprint density at radius 3 is 2.35 bits per heavy atom. The van der Waals surface area contributed by atoms with E-state index in [2.05, 4.69) is 24.1 Å². The largest absolute Gasteiger partial charge is 0.353 e. The molecule has 1 N–H and O–H groups in total. The molecule has 1 atom stereocenters. The van der Waals surface area contributed by atoms with E-state index >= 15 is 0 Å². The van der Waals surface area contributed by atoms with Crippen LogP contribution in [0.3, 0.4) is 0 Å². The minimum atomic E-state index is 0.102. The summed E-state index contributed by atoms with van der Waals surface area (Å²) >= 11 is 0. The highest BCUT2D eigenvalue weighted by Gasteiger charge is 2.20. The van der Waals surface area contributed by atoms with Gasteiger partial charge in [-0.15, -0.1) is 0 Å². The summed E-state index contributed by atoms with van der Waals surface area (Å²) in [4.78, 5) is 27.1. The molecular weight excluding hydrogens is 254 g/mol. The van der Waals surface area contributed by atoms with Crippen LogP contribution in [-0.4, -0.2) is 60.4 Å². The number of nitrogens with zero attached hydrogens (tertiary/aromatic N) is 2. The van der Waals surface area contributed by atoms with E-state index in [-0.39, 0.29) is 17.9 Å². The fourth-order valence-corrected chi connectivity index (χ4v) is 2.52. The molecule has 0 aromatic carbocycles. The summed E-state index contributed by atoms with van der Waals surface area (Å²) in [5, 5.41) is 3.06. The molecule has 0 radical (unpaired) electrons. The first-order chi connectivity index (χ1) is 9.52. The first kappa shape index (κ1) is 17.0. The second kappa shape index (κ2) is 8.95. The molecule has 1 aliphatic heterocycles. The molecule has 116 valence electrons. The van der Waals surface area contributed by atoms with E-state index in [9.17, 15) is 9.59 Å². The predicted octanol–water partition coefficient (Wildman–Crippen LogP) is 1.24. The van der Waals surface area contributed by atoms with Crippen LogP contribution in [0.2, 0.25) is 0 Å². The molecule has 1 aliphatic rings. The molecule has 1 rings (SSSR count). The van der Waals surface area contributed by atoms with Crippen molar-refractivity contribution in [2.45, 2.75) is 52.5 Å². The topological polar surface area (TPSA) is 52.7 Å². The van der Waals surface area contributed by atoms with Crippen LogP contribution in [0, 0.1) is 0 Å². The van der Waals surface area contributed by atoms with Crippen molar-refractivity contribution in [2.24, 2.45) is 0 Å². The molecule has 0 saturated carbocycles. The van der Waals surface area contributed by atoms with Crippen LogP contribution in [0.25, 0.3) is 0 Å². The summed E-state index contributed by atoms with van der Waals surface area (Å²) in [6, 6.07) is 0.257. The van der Waals surface area contributed by atoms with E-state index in [1.165, 1.54) is 19.3 Å². The lowest BCUT2D eigenvalue weighted by atomic mass is 10.1. The van der Waals surface area contributed by atoms with E-state index in [4.69, 9.17) is 0 Å². The Morgan fingerprint density at radius 1 is 1.15 bits per heavy atom. The molecule has 0 aromatic rings. The van der Waals surface area contributed by atoms with Crippen LogP contribution in [0.15, 0.2) is 0 Å². The Kier molecular flexibility index (Phi) is 7.59. The Labute approximate surface area is 122 Å². The van der Waals surface area contributed by atoms with Gasteiger partial charge in [0.25, 0.3) is 0 Å². The Balaban J connectivity index is 2.18. The average molecular weight is 283 g/mol. The van der Waals surface area contributed by atoms with Gasteiger partial charge in [0, 0.05) is 39.1 Å². The molecule has 5 heteroatoms. The highest BCUT2D eigenvalue weighted by atomic mass is 16.2. The van der Waals surface area contributed by atoms with Crippen LogP contribution >= 0.6 is 0 Å².